The lowest BCUT2D eigenvalue weighted by Crippen LogP contribution is -2.49. The summed E-state index contributed by atoms with van der Waals surface area (Å²) in [6, 6.07) is 12.2. The van der Waals surface area contributed by atoms with Gasteiger partial charge in [0.05, 0.1) is 19.4 Å². The summed E-state index contributed by atoms with van der Waals surface area (Å²) in [6.45, 7) is 3.37. The summed E-state index contributed by atoms with van der Waals surface area (Å²) >= 11 is 0. The van der Waals surface area contributed by atoms with Crippen LogP contribution in [0, 0.1) is 0 Å². The summed E-state index contributed by atoms with van der Waals surface area (Å²) in [4.78, 5) is 16.7. The highest BCUT2D eigenvalue weighted by atomic mass is 16.5. The Hall–Kier alpha value is -2.47. The van der Waals surface area contributed by atoms with Crippen LogP contribution in [-0.4, -0.2) is 54.7 Å². The van der Waals surface area contributed by atoms with Crippen molar-refractivity contribution in [3.05, 3.63) is 54.0 Å². The van der Waals surface area contributed by atoms with Crippen LogP contribution in [-0.2, 0) is 13.0 Å². The van der Waals surface area contributed by atoms with Crippen molar-refractivity contribution in [1.82, 2.24) is 15.1 Å². The average Bonchev–Trinajstić information content (AvgIpc) is 3.32. The van der Waals surface area contributed by atoms with Crippen molar-refractivity contribution < 1.29 is 13.9 Å². The Morgan fingerprint density at radius 3 is 2.78 bits per heavy atom. The van der Waals surface area contributed by atoms with Crippen LogP contribution in [0.5, 0.6) is 5.75 Å². The third-order valence-electron chi connectivity index (χ3n) is 5.41. The number of hydrogen-bond donors (Lipinski definition) is 1. The molecule has 2 aromatic rings. The molecule has 1 saturated heterocycles. The molecule has 1 atom stereocenters. The van der Waals surface area contributed by atoms with Gasteiger partial charge in [-0.25, -0.2) is 4.79 Å². The number of urea groups is 1. The van der Waals surface area contributed by atoms with E-state index in [1.165, 1.54) is 5.56 Å². The number of para-hydroxylation sites is 1. The van der Waals surface area contributed by atoms with Crippen LogP contribution < -0.4 is 10.1 Å². The molecule has 3 heterocycles. The Morgan fingerprint density at radius 2 is 2.04 bits per heavy atom. The van der Waals surface area contributed by atoms with E-state index in [9.17, 15) is 4.79 Å². The number of piperidine rings is 1. The van der Waals surface area contributed by atoms with Gasteiger partial charge >= 0.3 is 6.03 Å². The van der Waals surface area contributed by atoms with Gasteiger partial charge in [0.1, 0.15) is 17.6 Å². The molecule has 0 saturated carbocycles. The molecule has 2 amide bonds. The van der Waals surface area contributed by atoms with E-state index in [2.05, 4.69) is 16.3 Å². The van der Waals surface area contributed by atoms with E-state index in [-0.39, 0.29) is 18.2 Å². The first kappa shape index (κ1) is 17.9. The fourth-order valence-corrected chi connectivity index (χ4v) is 3.89. The minimum absolute atomic E-state index is 0.0148. The van der Waals surface area contributed by atoms with Crippen LogP contribution in [0.1, 0.15) is 24.2 Å². The number of nitrogens with zero attached hydrogens (tertiary/aromatic N) is 2. The lowest BCUT2D eigenvalue weighted by molar-refractivity contribution is 0.150. The molecule has 27 heavy (non-hydrogen) atoms. The number of fused-ring (bicyclic) bond motifs is 1. The Bertz CT molecular complexity index is 729. The van der Waals surface area contributed by atoms with E-state index in [1.807, 2.05) is 37.4 Å². The first-order chi connectivity index (χ1) is 13.2. The number of likely N-dealkylation sites (N-methyl/N-ethyl adjacent to an activating group) is 1. The maximum Gasteiger partial charge on any atom is 0.317 e. The summed E-state index contributed by atoms with van der Waals surface area (Å²) in [6.07, 6.45) is 4.54. The monoisotopic (exact) mass is 369 g/mol. The fourth-order valence-electron chi connectivity index (χ4n) is 3.89. The first-order valence-electron chi connectivity index (χ1n) is 9.68. The molecule has 6 nitrogen and oxygen atoms in total. The smallest absolute Gasteiger partial charge is 0.317 e. The molecule has 1 aromatic heterocycles. The molecule has 2 aliphatic rings. The molecule has 1 fully saturated rings. The highest BCUT2D eigenvalue weighted by Gasteiger charge is 2.27. The van der Waals surface area contributed by atoms with E-state index in [4.69, 9.17) is 9.15 Å². The Kier molecular flexibility index (Phi) is 5.34. The molecule has 1 unspecified atom stereocenters. The number of hydrogen-bond acceptors (Lipinski definition) is 4. The van der Waals surface area contributed by atoms with Gasteiger partial charge in [-0.15, -0.1) is 0 Å². The number of furan rings is 1. The molecule has 2 aliphatic heterocycles. The largest absolute Gasteiger partial charge is 0.488 e. The second kappa shape index (κ2) is 8.05. The number of likely N-dealkylation sites (tertiary alicyclic amines) is 1. The number of rotatable bonds is 5. The number of carbonyl (C=O) groups is 1. The molecular weight excluding hydrogens is 342 g/mol. The lowest BCUT2D eigenvalue weighted by atomic mass is 10.1. The first-order valence-corrected chi connectivity index (χ1v) is 9.68. The summed E-state index contributed by atoms with van der Waals surface area (Å²) in [7, 11) is 1.84. The van der Waals surface area contributed by atoms with Gasteiger partial charge in [0.25, 0.3) is 0 Å². The second-order valence-electron chi connectivity index (χ2n) is 7.51. The van der Waals surface area contributed by atoms with Crippen LogP contribution in [0.15, 0.2) is 47.1 Å². The van der Waals surface area contributed by atoms with E-state index in [1.54, 1.807) is 11.2 Å². The maximum absolute atomic E-state index is 12.5. The quantitative estimate of drug-likeness (QED) is 0.880. The topological polar surface area (TPSA) is 58.0 Å². The van der Waals surface area contributed by atoms with Crippen LogP contribution in [0.2, 0.25) is 0 Å². The fraction of sp³-hybridized carbons (Fsp3) is 0.476. The maximum atomic E-state index is 12.5. The third-order valence-corrected chi connectivity index (χ3v) is 5.41. The van der Waals surface area contributed by atoms with Gasteiger partial charge in [-0.05, 0) is 36.6 Å². The van der Waals surface area contributed by atoms with Gasteiger partial charge < -0.3 is 19.4 Å². The number of carbonyl (C=O) groups excluding carboxylic acids is 1. The van der Waals surface area contributed by atoms with Gasteiger partial charge in [-0.2, -0.15) is 0 Å². The second-order valence-corrected chi connectivity index (χ2v) is 7.51. The predicted molar refractivity (Wildman–Crippen MR) is 103 cm³/mol. The van der Waals surface area contributed by atoms with Crippen LogP contribution in [0.4, 0.5) is 4.79 Å². The molecule has 1 N–H and O–H groups in total. The Balaban J connectivity index is 1.19. The Labute approximate surface area is 160 Å². The number of amides is 2. The van der Waals surface area contributed by atoms with Crippen molar-refractivity contribution in [3.63, 3.8) is 0 Å². The number of benzene rings is 1. The van der Waals surface area contributed by atoms with Crippen molar-refractivity contribution in [2.75, 3.05) is 26.7 Å². The van der Waals surface area contributed by atoms with Crippen LogP contribution in [0.25, 0.3) is 0 Å². The third kappa shape index (κ3) is 4.45. The summed E-state index contributed by atoms with van der Waals surface area (Å²) in [5.74, 6) is 1.94. The molecule has 0 aliphatic carbocycles. The van der Waals surface area contributed by atoms with Gasteiger partial charge in [0.15, 0.2) is 0 Å². The zero-order valence-corrected chi connectivity index (χ0v) is 15.8. The van der Waals surface area contributed by atoms with Gasteiger partial charge in [-0.1, -0.05) is 18.2 Å². The van der Waals surface area contributed by atoms with Gasteiger partial charge in [0.2, 0.25) is 0 Å². The van der Waals surface area contributed by atoms with Crippen molar-refractivity contribution in [1.29, 1.82) is 0 Å². The minimum Gasteiger partial charge on any atom is -0.488 e. The van der Waals surface area contributed by atoms with Gasteiger partial charge in [0, 0.05) is 32.6 Å². The molecule has 144 valence electrons. The molecule has 4 rings (SSSR count). The highest BCUT2D eigenvalue weighted by Crippen LogP contribution is 2.28. The molecule has 0 bridgehead atoms. The number of nitrogens with one attached hydrogen (secondary N) is 1. The van der Waals surface area contributed by atoms with Gasteiger partial charge in [-0.3, -0.25) is 4.90 Å². The Morgan fingerprint density at radius 1 is 1.22 bits per heavy atom. The van der Waals surface area contributed by atoms with Crippen molar-refractivity contribution in [2.45, 2.75) is 38.0 Å². The summed E-state index contributed by atoms with van der Waals surface area (Å²) < 4.78 is 11.4. The van der Waals surface area contributed by atoms with Crippen molar-refractivity contribution in [3.8, 4) is 5.75 Å². The van der Waals surface area contributed by atoms with E-state index < -0.39 is 0 Å². The standard InChI is InChI=1S/C21H27N3O3/c1-23(14-19-13-16-5-2-3-7-20(16)27-19)21(25)22-17-8-10-24(11-9-17)15-18-6-4-12-26-18/h2-7,12,17,19H,8-11,13-15H2,1H3,(H,22,25). The van der Waals surface area contributed by atoms with Crippen LogP contribution in [0.3, 0.4) is 0 Å². The van der Waals surface area contributed by atoms with Crippen molar-refractivity contribution >= 4 is 6.03 Å². The van der Waals surface area contributed by atoms with E-state index in [0.29, 0.717) is 6.54 Å². The molecule has 1 aromatic carbocycles. The van der Waals surface area contributed by atoms with Crippen LogP contribution >= 0.6 is 0 Å². The highest BCUT2D eigenvalue weighted by molar-refractivity contribution is 5.74. The normalized spacial score (nSPS) is 20.1. The lowest BCUT2D eigenvalue weighted by Gasteiger charge is -2.33. The zero-order valence-electron chi connectivity index (χ0n) is 15.8. The molecule has 0 radical (unpaired) electrons. The predicted octanol–water partition coefficient (Wildman–Crippen LogP) is 2.89. The summed E-state index contributed by atoms with van der Waals surface area (Å²) in [5.41, 5.74) is 1.22. The summed E-state index contributed by atoms with van der Waals surface area (Å²) in [5, 5.41) is 3.17. The number of ether oxygens (including phenoxy) is 1. The molecule has 6 heteroatoms. The molecular formula is C21H27N3O3. The minimum atomic E-state index is -0.0148. The molecule has 0 spiro atoms. The average molecular weight is 369 g/mol. The van der Waals surface area contributed by atoms with Crippen molar-refractivity contribution in [2.24, 2.45) is 0 Å². The van der Waals surface area contributed by atoms with E-state index >= 15 is 0 Å². The van der Waals surface area contributed by atoms with E-state index in [0.717, 1.165) is 50.4 Å². The SMILES string of the molecule is CN(CC1Cc2ccccc2O1)C(=O)NC1CCN(Cc2ccco2)CC1. The zero-order chi connectivity index (χ0) is 18.6.